The van der Waals surface area contributed by atoms with E-state index in [9.17, 15) is 9.59 Å². The molecule has 0 radical (unpaired) electrons. The van der Waals surface area contributed by atoms with Crippen LogP contribution in [0.15, 0.2) is 24.3 Å². The lowest BCUT2D eigenvalue weighted by molar-refractivity contribution is -0.125. The molecule has 25 heavy (non-hydrogen) atoms. The first-order valence-corrected chi connectivity index (χ1v) is 10.5. The van der Waals surface area contributed by atoms with Gasteiger partial charge in [-0.2, -0.15) is 11.8 Å². The molecule has 1 aromatic carbocycles. The molecule has 2 amide bonds. The van der Waals surface area contributed by atoms with Gasteiger partial charge < -0.3 is 10.2 Å². The Kier molecular flexibility index (Phi) is 6.40. The maximum Gasteiger partial charge on any atom is 0.255 e. The minimum atomic E-state index is -0.375. The van der Waals surface area contributed by atoms with E-state index < -0.39 is 0 Å². The number of nitrogens with zero attached hydrogens (tertiary/aromatic N) is 1. The summed E-state index contributed by atoms with van der Waals surface area (Å²) in [4.78, 5) is 26.9. The van der Waals surface area contributed by atoms with Gasteiger partial charge in [0.1, 0.15) is 6.04 Å². The van der Waals surface area contributed by atoms with Gasteiger partial charge in [0.2, 0.25) is 5.91 Å². The average molecular weight is 361 g/mol. The molecule has 0 saturated heterocycles. The highest BCUT2D eigenvalue weighted by atomic mass is 32.2. The van der Waals surface area contributed by atoms with Crippen molar-refractivity contribution in [2.75, 3.05) is 12.3 Å². The second-order valence-corrected chi connectivity index (χ2v) is 8.34. The summed E-state index contributed by atoms with van der Waals surface area (Å²) in [6.07, 6.45) is 7.34. The van der Waals surface area contributed by atoms with Crippen LogP contribution in [0, 0.1) is 0 Å². The summed E-state index contributed by atoms with van der Waals surface area (Å²) in [6, 6.07) is 7.27. The second-order valence-electron chi connectivity index (χ2n) is 6.94. The van der Waals surface area contributed by atoms with E-state index >= 15 is 0 Å². The molecule has 0 aromatic heterocycles. The monoisotopic (exact) mass is 360 g/mol. The molecule has 3 rings (SSSR count). The van der Waals surface area contributed by atoms with Crippen LogP contribution < -0.4 is 5.32 Å². The number of amides is 2. The summed E-state index contributed by atoms with van der Waals surface area (Å²) >= 11 is 1.99. The van der Waals surface area contributed by atoms with Gasteiger partial charge in [-0.3, -0.25) is 9.59 Å². The van der Waals surface area contributed by atoms with Gasteiger partial charge in [-0.05, 0) is 30.9 Å². The number of hydrogen-bond donors (Lipinski definition) is 1. The van der Waals surface area contributed by atoms with Crippen molar-refractivity contribution in [1.82, 2.24) is 10.2 Å². The fourth-order valence-corrected chi connectivity index (χ4v) is 5.05. The predicted octanol–water partition coefficient (Wildman–Crippen LogP) is 3.60. The molecular weight excluding hydrogens is 332 g/mol. The van der Waals surface area contributed by atoms with E-state index in [0.29, 0.717) is 19.5 Å². The molecule has 1 N–H and O–H groups in total. The molecule has 5 heteroatoms. The van der Waals surface area contributed by atoms with Crippen LogP contribution in [-0.4, -0.2) is 40.3 Å². The van der Waals surface area contributed by atoms with Crippen LogP contribution in [0.1, 0.15) is 61.4 Å². The van der Waals surface area contributed by atoms with Crippen molar-refractivity contribution in [3.63, 3.8) is 0 Å². The topological polar surface area (TPSA) is 49.4 Å². The van der Waals surface area contributed by atoms with Crippen LogP contribution in [0.4, 0.5) is 0 Å². The molecular formula is C20H28N2O2S. The third-order valence-corrected chi connectivity index (χ3v) is 6.60. The van der Waals surface area contributed by atoms with E-state index in [1.807, 2.05) is 43.0 Å². The van der Waals surface area contributed by atoms with Gasteiger partial charge in [0, 0.05) is 29.7 Å². The van der Waals surface area contributed by atoms with Crippen molar-refractivity contribution in [2.45, 2.75) is 63.3 Å². The van der Waals surface area contributed by atoms with Crippen molar-refractivity contribution in [3.8, 4) is 0 Å². The van der Waals surface area contributed by atoms with Crippen LogP contribution >= 0.6 is 11.8 Å². The van der Waals surface area contributed by atoms with Crippen molar-refractivity contribution < 1.29 is 9.59 Å². The third kappa shape index (κ3) is 4.38. The highest BCUT2D eigenvalue weighted by Crippen LogP contribution is 2.28. The zero-order valence-corrected chi connectivity index (χ0v) is 15.8. The SMILES string of the molecule is CCC(C(=O)NCCSC1CCCCC1)N1Cc2ccccc2C1=O. The van der Waals surface area contributed by atoms with E-state index in [0.717, 1.165) is 22.1 Å². The summed E-state index contributed by atoms with van der Waals surface area (Å²) < 4.78 is 0. The molecule has 1 atom stereocenters. The molecule has 2 aliphatic rings. The standard InChI is InChI=1S/C20H28N2O2S/c1-2-18(22-14-15-8-6-7-11-17(15)20(22)24)19(23)21-12-13-25-16-9-4-3-5-10-16/h6-8,11,16,18H,2-5,9-10,12-14H2,1H3,(H,21,23). The number of fused-ring (bicyclic) bond motifs is 1. The van der Waals surface area contributed by atoms with Crippen LogP contribution in [-0.2, 0) is 11.3 Å². The highest BCUT2D eigenvalue weighted by molar-refractivity contribution is 7.99. The second kappa shape index (κ2) is 8.75. The maximum absolute atomic E-state index is 12.6. The van der Waals surface area contributed by atoms with Crippen LogP contribution in [0.5, 0.6) is 0 Å². The van der Waals surface area contributed by atoms with Crippen LogP contribution in [0.3, 0.4) is 0 Å². The molecule has 0 bridgehead atoms. The Morgan fingerprint density at radius 2 is 2.04 bits per heavy atom. The van der Waals surface area contributed by atoms with Gasteiger partial charge in [-0.25, -0.2) is 0 Å². The van der Waals surface area contributed by atoms with Gasteiger partial charge in [0.05, 0.1) is 0 Å². The Hall–Kier alpha value is -1.49. The van der Waals surface area contributed by atoms with Gasteiger partial charge in [0.15, 0.2) is 0 Å². The summed E-state index contributed by atoms with van der Waals surface area (Å²) in [5.41, 5.74) is 1.76. The smallest absolute Gasteiger partial charge is 0.255 e. The maximum atomic E-state index is 12.6. The van der Waals surface area contributed by atoms with E-state index in [4.69, 9.17) is 0 Å². The van der Waals surface area contributed by atoms with Crippen molar-refractivity contribution in [1.29, 1.82) is 0 Å². The molecule has 0 spiro atoms. The minimum Gasteiger partial charge on any atom is -0.353 e. The molecule has 1 saturated carbocycles. The summed E-state index contributed by atoms with van der Waals surface area (Å²) in [6.45, 7) is 3.19. The number of hydrogen-bond acceptors (Lipinski definition) is 3. The Morgan fingerprint density at radius 3 is 2.76 bits per heavy atom. The van der Waals surface area contributed by atoms with E-state index in [2.05, 4.69) is 5.32 Å². The molecule has 1 aliphatic carbocycles. The number of carbonyl (C=O) groups is 2. The lowest BCUT2D eigenvalue weighted by Gasteiger charge is -2.26. The fourth-order valence-electron chi connectivity index (χ4n) is 3.83. The predicted molar refractivity (Wildman–Crippen MR) is 103 cm³/mol. The minimum absolute atomic E-state index is 0.0193. The molecule has 4 nitrogen and oxygen atoms in total. The molecule has 1 aliphatic heterocycles. The van der Waals surface area contributed by atoms with Gasteiger partial charge in [0.25, 0.3) is 5.91 Å². The quantitative estimate of drug-likeness (QED) is 0.756. The van der Waals surface area contributed by atoms with Gasteiger partial charge in [-0.1, -0.05) is 44.4 Å². The number of rotatable bonds is 7. The average Bonchev–Trinajstić information content (AvgIpc) is 2.97. The number of carbonyl (C=O) groups excluding carboxylic acids is 2. The normalized spacial score (nSPS) is 18.9. The Bertz CT molecular complexity index is 613. The highest BCUT2D eigenvalue weighted by Gasteiger charge is 2.34. The van der Waals surface area contributed by atoms with E-state index in [1.54, 1.807) is 4.90 Å². The number of nitrogens with one attached hydrogen (secondary N) is 1. The zero-order valence-electron chi connectivity index (χ0n) is 15.0. The van der Waals surface area contributed by atoms with E-state index in [1.165, 1.54) is 32.1 Å². The zero-order chi connectivity index (χ0) is 17.6. The van der Waals surface area contributed by atoms with Crippen LogP contribution in [0.25, 0.3) is 0 Å². The first kappa shape index (κ1) is 18.3. The van der Waals surface area contributed by atoms with Crippen molar-refractivity contribution in [3.05, 3.63) is 35.4 Å². The molecule has 1 aromatic rings. The van der Waals surface area contributed by atoms with Gasteiger partial charge >= 0.3 is 0 Å². The third-order valence-electron chi connectivity index (χ3n) is 5.22. The number of benzene rings is 1. The van der Waals surface area contributed by atoms with Crippen molar-refractivity contribution in [2.24, 2.45) is 0 Å². The molecule has 1 fully saturated rings. The fraction of sp³-hybridized carbons (Fsp3) is 0.600. The Balaban J connectivity index is 1.48. The number of thioether (sulfide) groups is 1. The lowest BCUT2D eigenvalue weighted by Crippen LogP contribution is -2.47. The van der Waals surface area contributed by atoms with E-state index in [-0.39, 0.29) is 17.9 Å². The Labute approximate surface area is 154 Å². The first-order chi connectivity index (χ1) is 12.2. The summed E-state index contributed by atoms with van der Waals surface area (Å²) in [5, 5.41) is 3.81. The lowest BCUT2D eigenvalue weighted by atomic mass is 10.0. The van der Waals surface area contributed by atoms with Gasteiger partial charge in [-0.15, -0.1) is 0 Å². The molecule has 1 unspecified atom stereocenters. The first-order valence-electron chi connectivity index (χ1n) is 9.49. The Morgan fingerprint density at radius 1 is 1.28 bits per heavy atom. The largest absolute Gasteiger partial charge is 0.353 e. The molecule has 1 heterocycles. The summed E-state index contributed by atoms with van der Waals surface area (Å²) in [5.74, 6) is 0.920. The van der Waals surface area contributed by atoms with Crippen molar-refractivity contribution >= 4 is 23.6 Å². The van der Waals surface area contributed by atoms with Crippen LogP contribution in [0.2, 0.25) is 0 Å². The summed E-state index contributed by atoms with van der Waals surface area (Å²) in [7, 11) is 0. The molecule has 136 valence electrons.